The number of hydrogen-bond acceptors (Lipinski definition) is 11. The molecule has 0 spiro atoms. The SMILES string of the molecule is [2H]C([2H])(OP(=O)(O)OP(=O)(O)OP(=O)(O)O)[C@H]1O[C@@H](n2cnc(=O)[nH]c2=O)C(Cl)(C#CCl)[C@H]1O. The third-order valence-electron chi connectivity index (χ3n) is 3.29. The minimum absolute atomic E-state index is 0.458. The zero-order valence-corrected chi connectivity index (χ0v) is 18.9. The molecular weight excluding hydrogens is 550 g/mol. The molecule has 1 aromatic heterocycles. The van der Waals surface area contributed by atoms with Gasteiger partial charge in [-0.25, -0.2) is 23.3 Å². The Morgan fingerprint density at radius 1 is 1.28 bits per heavy atom. The summed E-state index contributed by atoms with van der Waals surface area (Å²) in [6.45, 7) is -3.66. The molecule has 1 fully saturated rings. The first-order chi connectivity index (χ1) is 15.2. The fraction of sp³-hybridized carbons (Fsp3) is 0.500. The average molecular weight is 564 g/mol. The topological polar surface area (TPSA) is 257 Å². The van der Waals surface area contributed by atoms with Gasteiger partial charge >= 0.3 is 34.8 Å². The summed E-state index contributed by atoms with van der Waals surface area (Å²) in [5, 5.41) is 12.3. The van der Waals surface area contributed by atoms with E-state index in [0.717, 1.165) is 0 Å². The Morgan fingerprint density at radius 2 is 1.91 bits per heavy atom. The van der Waals surface area contributed by atoms with Crippen molar-refractivity contribution in [2.75, 3.05) is 6.56 Å². The summed E-state index contributed by atoms with van der Waals surface area (Å²) in [5.74, 6) is 2.04. The molecule has 1 aliphatic heterocycles. The molecule has 0 amide bonds. The molecule has 1 saturated heterocycles. The fourth-order valence-corrected chi connectivity index (χ4v) is 5.58. The second-order valence-electron chi connectivity index (χ2n) is 5.53. The average Bonchev–Trinajstić information content (AvgIpc) is 2.83. The van der Waals surface area contributed by atoms with Crippen LogP contribution in [0, 0.1) is 11.3 Å². The van der Waals surface area contributed by atoms with Gasteiger partial charge in [0.05, 0.1) is 9.30 Å². The minimum Gasteiger partial charge on any atom is -0.387 e. The number of hydrogen-bond donors (Lipinski definition) is 6. The number of aliphatic hydroxyl groups is 1. The number of phosphoric ester groups is 1. The van der Waals surface area contributed by atoms with Gasteiger partial charge in [-0.1, -0.05) is 17.5 Å². The summed E-state index contributed by atoms with van der Waals surface area (Å²) in [6, 6.07) is 0. The lowest BCUT2D eigenvalue weighted by Crippen LogP contribution is -2.44. The molecule has 0 bridgehead atoms. The molecule has 1 aromatic rings. The van der Waals surface area contributed by atoms with E-state index < -0.39 is 64.7 Å². The van der Waals surface area contributed by atoms with Crippen LogP contribution in [0.4, 0.5) is 0 Å². The molecule has 6 N–H and O–H groups in total. The molecular formula is C10H12Cl2N3O14P3. The number of aliphatic hydroxyl groups excluding tert-OH is 1. The molecule has 0 saturated carbocycles. The van der Waals surface area contributed by atoms with Crippen molar-refractivity contribution in [3.05, 3.63) is 27.3 Å². The Bertz CT molecular complexity index is 1270. The van der Waals surface area contributed by atoms with Crippen molar-refractivity contribution >= 4 is 46.7 Å². The van der Waals surface area contributed by atoms with Gasteiger partial charge in [-0.3, -0.25) is 14.1 Å². The van der Waals surface area contributed by atoms with Crippen LogP contribution in [-0.2, 0) is 31.6 Å². The Kier molecular flexibility index (Phi) is 7.38. The number of nitrogens with zero attached hydrogens (tertiary/aromatic N) is 2. The van der Waals surface area contributed by atoms with Crippen LogP contribution in [0.1, 0.15) is 8.97 Å². The zero-order chi connectivity index (χ0) is 26.3. The van der Waals surface area contributed by atoms with Crippen molar-refractivity contribution in [1.82, 2.24) is 14.5 Å². The first kappa shape index (κ1) is 24.2. The fourth-order valence-electron chi connectivity index (χ4n) is 2.18. The van der Waals surface area contributed by atoms with Gasteiger partial charge in [0.2, 0.25) is 0 Å². The number of alkyl halides is 1. The number of nitrogens with one attached hydrogen (secondary N) is 1. The Labute approximate surface area is 189 Å². The van der Waals surface area contributed by atoms with Gasteiger partial charge in [0.1, 0.15) is 18.5 Å². The summed E-state index contributed by atoms with van der Waals surface area (Å²) in [7, 11) is -17.8. The van der Waals surface area contributed by atoms with Crippen LogP contribution in [0.3, 0.4) is 0 Å². The Balaban J connectivity index is 2.41. The maximum absolute atomic E-state index is 12.1. The van der Waals surface area contributed by atoms with Crippen LogP contribution < -0.4 is 11.4 Å². The number of H-pyrrole nitrogens is 1. The van der Waals surface area contributed by atoms with Crippen molar-refractivity contribution in [1.29, 1.82) is 0 Å². The van der Waals surface area contributed by atoms with E-state index in [-0.39, 0.29) is 0 Å². The molecule has 0 aromatic carbocycles. The highest BCUT2D eigenvalue weighted by Gasteiger charge is 2.57. The van der Waals surface area contributed by atoms with Crippen LogP contribution in [-0.4, -0.2) is 62.9 Å². The Morgan fingerprint density at radius 3 is 2.44 bits per heavy atom. The highest BCUT2D eigenvalue weighted by molar-refractivity contribution is 7.66. The van der Waals surface area contributed by atoms with Gasteiger partial charge in [-0.2, -0.15) is 13.6 Å². The lowest BCUT2D eigenvalue weighted by Gasteiger charge is -2.25. The summed E-state index contributed by atoms with van der Waals surface area (Å²) in [6.07, 6.45) is -6.12. The maximum atomic E-state index is 12.1. The molecule has 6 atom stereocenters. The summed E-state index contributed by atoms with van der Waals surface area (Å²) in [5.41, 5.74) is -2.31. The number of aromatic nitrogens is 3. The molecule has 0 radical (unpaired) electrons. The predicted octanol–water partition coefficient (Wildman–Crippen LogP) is -1.29. The van der Waals surface area contributed by atoms with Crippen LogP contribution in [0.2, 0.25) is 0 Å². The number of halogens is 2. The highest BCUT2D eigenvalue weighted by atomic mass is 35.5. The first-order valence-corrected chi connectivity index (χ1v) is 12.7. The standard InChI is InChI=1S/C10H12Cl2N3O14P3/c11-2-1-10(12)6(16)5(27-7(10)15-4-13-8(17)14-9(15)18)3-26-31(22,23)29-32(24,25)28-30(19,20)21/h4-7,16H,3H2,(H,22,23)(H,24,25)(H,14,17,18)(H2,19,20,21)/t5-,6+,7-,10?/m1/s1/i3D2. The molecule has 22 heteroatoms. The van der Waals surface area contributed by atoms with Gasteiger partial charge in [-0.05, 0) is 11.6 Å². The van der Waals surface area contributed by atoms with E-state index in [1.807, 2.05) is 5.92 Å². The van der Waals surface area contributed by atoms with E-state index in [2.05, 4.69) is 18.1 Å². The normalized spacial score (nSPS) is 30.9. The number of phosphoric acid groups is 3. The Hall–Kier alpha value is -0.920. The van der Waals surface area contributed by atoms with Crippen molar-refractivity contribution in [3.63, 3.8) is 0 Å². The smallest absolute Gasteiger partial charge is 0.387 e. The van der Waals surface area contributed by atoms with Gasteiger partial charge in [0, 0.05) is 5.38 Å². The minimum atomic E-state index is -6.05. The summed E-state index contributed by atoms with van der Waals surface area (Å²) < 4.78 is 66.4. The van der Waals surface area contributed by atoms with Crippen molar-refractivity contribution in [2.45, 2.75) is 23.3 Å². The van der Waals surface area contributed by atoms with Crippen LogP contribution in [0.15, 0.2) is 15.9 Å². The number of aromatic amines is 1. The van der Waals surface area contributed by atoms with E-state index in [4.69, 9.17) is 40.5 Å². The van der Waals surface area contributed by atoms with Crippen LogP contribution in [0.5, 0.6) is 0 Å². The number of ether oxygens (including phenoxy) is 1. The van der Waals surface area contributed by atoms with Gasteiger partial charge < -0.3 is 29.4 Å². The van der Waals surface area contributed by atoms with Gasteiger partial charge in [0.25, 0.3) is 0 Å². The molecule has 2 heterocycles. The van der Waals surface area contributed by atoms with Crippen LogP contribution in [0.25, 0.3) is 0 Å². The zero-order valence-electron chi connectivity index (χ0n) is 16.7. The second-order valence-corrected chi connectivity index (χ2v) is 10.7. The lowest BCUT2D eigenvalue weighted by atomic mass is 10.00. The van der Waals surface area contributed by atoms with E-state index in [1.54, 1.807) is 10.4 Å². The van der Waals surface area contributed by atoms with E-state index in [0.29, 0.717) is 10.9 Å². The first-order valence-electron chi connectivity index (χ1n) is 8.40. The molecule has 1 aliphatic rings. The largest absolute Gasteiger partial charge is 0.490 e. The van der Waals surface area contributed by atoms with E-state index in [1.165, 1.54) is 0 Å². The summed E-state index contributed by atoms with van der Waals surface area (Å²) in [4.78, 5) is 61.6. The molecule has 2 rings (SSSR count). The molecule has 3 unspecified atom stereocenters. The third-order valence-corrected chi connectivity index (χ3v) is 7.55. The third kappa shape index (κ3) is 6.80. The highest BCUT2D eigenvalue weighted by Crippen LogP contribution is 2.66. The summed E-state index contributed by atoms with van der Waals surface area (Å²) >= 11 is 11.5. The second kappa shape index (κ2) is 9.75. The van der Waals surface area contributed by atoms with Crippen molar-refractivity contribution in [3.8, 4) is 11.3 Å². The van der Waals surface area contributed by atoms with Crippen molar-refractivity contribution in [2.24, 2.45) is 0 Å². The van der Waals surface area contributed by atoms with Gasteiger partial charge in [-0.15, -0.1) is 0 Å². The lowest BCUT2D eigenvalue weighted by molar-refractivity contribution is -0.0459. The molecule has 0 aliphatic carbocycles. The van der Waals surface area contributed by atoms with Crippen LogP contribution >= 0.6 is 46.7 Å². The van der Waals surface area contributed by atoms with Gasteiger partial charge in [0.15, 0.2) is 11.1 Å². The van der Waals surface area contributed by atoms with Crippen molar-refractivity contribution < 1.29 is 59.0 Å². The van der Waals surface area contributed by atoms with E-state index >= 15 is 0 Å². The molecule has 180 valence electrons. The maximum Gasteiger partial charge on any atom is 0.490 e. The quantitative estimate of drug-likeness (QED) is 0.122. The van der Waals surface area contributed by atoms with E-state index in [9.17, 15) is 38.2 Å². The number of rotatable bonds is 8. The predicted molar refractivity (Wildman–Crippen MR) is 101 cm³/mol. The molecule has 32 heavy (non-hydrogen) atoms. The molecule has 17 nitrogen and oxygen atoms in total. The monoisotopic (exact) mass is 563 g/mol.